The maximum atomic E-state index is 12.5. The van der Waals surface area contributed by atoms with Crippen LogP contribution in [-0.2, 0) is 28.6 Å². The maximum absolute atomic E-state index is 12.5. The van der Waals surface area contributed by atoms with Gasteiger partial charge in [-0.15, -0.1) is 0 Å². The third-order valence-electron chi connectivity index (χ3n) is 7.56. The molecule has 0 saturated heterocycles. The van der Waals surface area contributed by atoms with E-state index in [4.69, 9.17) is 14.2 Å². The van der Waals surface area contributed by atoms with Crippen LogP contribution in [-0.4, -0.2) is 50.4 Å². The predicted octanol–water partition coefficient (Wildman–Crippen LogP) is 1.87. The van der Waals surface area contributed by atoms with E-state index in [9.17, 15) is 19.5 Å². The van der Waals surface area contributed by atoms with Crippen LogP contribution < -0.4 is 0 Å². The minimum atomic E-state index is -1.28. The second-order valence-corrected chi connectivity index (χ2v) is 8.65. The molecule has 1 N–H and O–H groups in total. The molecule has 3 aliphatic rings. The molecule has 0 aromatic rings. The number of allylic oxidation sites excluding steroid dienone is 2. The van der Waals surface area contributed by atoms with Gasteiger partial charge in [-0.05, 0) is 55.3 Å². The third-order valence-corrected chi connectivity index (χ3v) is 7.56. The summed E-state index contributed by atoms with van der Waals surface area (Å²) in [6.45, 7) is 2.16. The smallest absolute Gasteiger partial charge is 0.323 e. The number of carbonyl (C=O) groups is 3. The first kappa shape index (κ1) is 20.8. The summed E-state index contributed by atoms with van der Waals surface area (Å²) >= 11 is 0. The molecule has 0 aliphatic heterocycles. The molecule has 0 aromatic carbocycles. The Balaban J connectivity index is 1.96. The first-order chi connectivity index (χ1) is 13.2. The minimum absolute atomic E-state index is 0.00161. The Morgan fingerprint density at radius 2 is 1.61 bits per heavy atom. The molecule has 0 aromatic heterocycles. The molecule has 3 rings (SSSR count). The lowest BCUT2D eigenvalue weighted by molar-refractivity contribution is -0.177. The molecule has 0 amide bonds. The number of aliphatic hydroxyl groups excluding tert-OH is 1. The largest absolute Gasteiger partial charge is 0.469 e. The predicted molar refractivity (Wildman–Crippen MR) is 98.8 cm³/mol. The summed E-state index contributed by atoms with van der Waals surface area (Å²) in [5, 5.41) is 10.5. The van der Waals surface area contributed by atoms with Crippen molar-refractivity contribution in [2.24, 2.45) is 34.5 Å². The summed E-state index contributed by atoms with van der Waals surface area (Å²) < 4.78 is 14.9. The number of ether oxygens (including phenoxy) is 3. The van der Waals surface area contributed by atoms with Gasteiger partial charge in [-0.3, -0.25) is 14.4 Å². The molecule has 6 atom stereocenters. The van der Waals surface area contributed by atoms with Gasteiger partial charge in [0, 0.05) is 0 Å². The summed E-state index contributed by atoms with van der Waals surface area (Å²) in [4.78, 5) is 37.4. The maximum Gasteiger partial charge on any atom is 0.323 e. The topological polar surface area (TPSA) is 99.1 Å². The van der Waals surface area contributed by atoms with Gasteiger partial charge in [-0.2, -0.15) is 0 Å². The lowest BCUT2D eigenvalue weighted by atomic mass is 9.47. The molecular formula is C21H30O7. The van der Waals surface area contributed by atoms with E-state index in [1.165, 1.54) is 21.3 Å². The van der Waals surface area contributed by atoms with E-state index in [2.05, 4.69) is 6.92 Å². The van der Waals surface area contributed by atoms with E-state index >= 15 is 0 Å². The number of methoxy groups -OCH3 is 3. The fourth-order valence-electron chi connectivity index (χ4n) is 6.06. The van der Waals surface area contributed by atoms with E-state index in [0.717, 1.165) is 6.42 Å². The molecule has 2 fully saturated rings. The number of aliphatic hydroxyl groups is 1. The molecule has 156 valence electrons. The van der Waals surface area contributed by atoms with Crippen LogP contribution in [0.15, 0.2) is 12.2 Å². The van der Waals surface area contributed by atoms with Crippen LogP contribution in [0, 0.1) is 34.5 Å². The van der Waals surface area contributed by atoms with Crippen molar-refractivity contribution in [1.82, 2.24) is 0 Å². The number of hydrogen-bond donors (Lipinski definition) is 1. The first-order valence-electron chi connectivity index (χ1n) is 9.86. The van der Waals surface area contributed by atoms with Crippen LogP contribution in [0.4, 0.5) is 0 Å². The summed E-state index contributed by atoms with van der Waals surface area (Å²) in [5.74, 6) is -2.01. The zero-order chi connectivity index (χ0) is 20.7. The average molecular weight is 394 g/mol. The van der Waals surface area contributed by atoms with Gasteiger partial charge in [0.05, 0.1) is 33.4 Å². The van der Waals surface area contributed by atoms with Gasteiger partial charge in [-0.25, -0.2) is 0 Å². The number of carbonyl (C=O) groups excluding carboxylic acids is 3. The standard InChI is InChI=1S/C21H30O7/c1-20-9-8-15(22)16(17(23)26-2)14(20)6-5-12-11-21(18(24)27-3,19(25)28-4)10-7-13(12)20/h5-6,12-16,22H,7-11H2,1-4H3/t12-,13-,14+,15+,16+,20-/m1/s1. The highest BCUT2D eigenvalue weighted by atomic mass is 16.5. The van der Waals surface area contributed by atoms with Gasteiger partial charge in [0.25, 0.3) is 0 Å². The fourth-order valence-corrected chi connectivity index (χ4v) is 6.06. The Kier molecular flexibility index (Phi) is 5.58. The second kappa shape index (κ2) is 7.50. The molecule has 0 heterocycles. The molecule has 7 heteroatoms. The average Bonchev–Trinajstić information content (AvgIpc) is 2.71. The molecule has 28 heavy (non-hydrogen) atoms. The van der Waals surface area contributed by atoms with Gasteiger partial charge in [0.1, 0.15) is 0 Å². The highest BCUT2D eigenvalue weighted by molar-refractivity contribution is 6.00. The fraction of sp³-hybridized carbons (Fsp3) is 0.762. The van der Waals surface area contributed by atoms with Crippen LogP contribution in [0.1, 0.15) is 39.0 Å². The quantitative estimate of drug-likeness (QED) is 0.338. The van der Waals surface area contributed by atoms with Crippen molar-refractivity contribution in [3.05, 3.63) is 12.2 Å². The Morgan fingerprint density at radius 3 is 2.18 bits per heavy atom. The summed E-state index contributed by atoms with van der Waals surface area (Å²) in [7, 11) is 3.92. The first-order valence-corrected chi connectivity index (χ1v) is 9.86. The van der Waals surface area contributed by atoms with Crippen molar-refractivity contribution in [1.29, 1.82) is 0 Å². The molecule has 0 unspecified atom stereocenters. The lowest BCUT2D eigenvalue weighted by Gasteiger charge is -2.57. The highest BCUT2D eigenvalue weighted by Crippen LogP contribution is 2.60. The van der Waals surface area contributed by atoms with E-state index < -0.39 is 29.4 Å². The Hall–Kier alpha value is -1.89. The summed E-state index contributed by atoms with van der Waals surface area (Å²) in [6, 6.07) is 0. The van der Waals surface area contributed by atoms with Crippen LogP contribution in [0.3, 0.4) is 0 Å². The van der Waals surface area contributed by atoms with Gasteiger partial charge >= 0.3 is 17.9 Å². The normalized spacial score (nSPS) is 38.5. The van der Waals surface area contributed by atoms with Gasteiger partial charge < -0.3 is 19.3 Å². The lowest BCUT2D eigenvalue weighted by Crippen LogP contribution is -2.56. The molecule has 0 bridgehead atoms. The van der Waals surface area contributed by atoms with Gasteiger partial charge in [0.2, 0.25) is 0 Å². The van der Waals surface area contributed by atoms with Crippen molar-refractivity contribution in [3.8, 4) is 0 Å². The Labute approximate surface area is 165 Å². The number of rotatable bonds is 3. The minimum Gasteiger partial charge on any atom is -0.469 e. The Bertz CT molecular complexity index is 668. The third kappa shape index (κ3) is 2.95. The molecule has 0 radical (unpaired) electrons. The molecular weight excluding hydrogens is 364 g/mol. The van der Waals surface area contributed by atoms with Gasteiger partial charge in [0.15, 0.2) is 5.41 Å². The number of hydrogen-bond acceptors (Lipinski definition) is 7. The van der Waals surface area contributed by atoms with Crippen molar-refractivity contribution in [2.75, 3.05) is 21.3 Å². The number of fused-ring (bicyclic) bond motifs is 3. The Morgan fingerprint density at radius 1 is 0.964 bits per heavy atom. The van der Waals surface area contributed by atoms with E-state index in [0.29, 0.717) is 25.7 Å². The number of esters is 3. The van der Waals surface area contributed by atoms with E-state index in [1.807, 2.05) is 12.2 Å². The zero-order valence-corrected chi connectivity index (χ0v) is 17.0. The molecule has 7 nitrogen and oxygen atoms in total. The summed E-state index contributed by atoms with van der Waals surface area (Å²) in [5.41, 5.74) is -1.50. The van der Waals surface area contributed by atoms with Crippen LogP contribution >= 0.6 is 0 Å². The van der Waals surface area contributed by atoms with Crippen LogP contribution in [0.5, 0.6) is 0 Å². The highest BCUT2D eigenvalue weighted by Gasteiger charge is 2.60. The van der Waals surface area contributed by atoms with E-state index in [-0.39, 0.29) is 29.1 Å². The monoisotopic (exact) mass is 394 g/mol. The van der Waals surface area contributed by atoms with E-state index in [1.54, 1.807) is 0 Å². The van der Waals surface area contributed by atoms with Crippen molar-refractivity contribution in [3.63, 3.8) is 0 Å². The SMILES string of the molecule is COC(=O)[C@@H]1[C@@H](O)CC[C@]2(C)[C@@H]3CCC(C(=O)OC)(C(=O)OC)C[C@H]3C=C[C@@H]12. The zero-order valence-electron chi connectivity index (χ0n) is 17.0. The molecule has 2 saturated carbocycles. The molecule has 3 aliphatic carbocycles. The second-order valence-electron chi connectivity index (χ2n) is 8.65. The van der Waals surface area contributed by atoms with Crippen LogP contribution in [0.2, 0.25) is 0 Å². The van der Waals surface area contributed by atoms with Crippen molar-refractivity contribution >= 4 is 17.9 Å². The van der Waals surface area contributed by atoms with Crippen LogP contribution in [0.25, 0.3) is 0 Å². The van der Waals surface area contributed by atoms with Gasteiger partial charge in [-0.1, -0.05) is 19.1 Å². The molecule has 0 spiro atoms. The summed E-state index contributed by atoms with van der Waals surface area (Å²) in [6.07, 6.45) is 5.91. The van der Waals surface area contributed by atoms with Crippen molar-refractivity contribution in [2.45, 2.75) is 45.1 Å². The van der Waals surface area contributed by atoms with Crippen molar-refractivity contribution < 1.29 is 33.7 Å².